The number of carbonyl (C=O) groups is 1. The van der Waals surface area contributed by atoms with Crippen LogP contribution in [0.3, 0.4) is 0 Å². The summed E-state index contributed by atoms with van der Waals surface area (Å²) >= 11 is 0. The van der Waals surface area contributed by atoms with Gasteiger partial charge in [0.15, 0.2) is 5.82 Å². The number of halogens is 3. The van der Waals surface area contributed by atoms with Crippen molar-refractivity contribution < 1.29 is 22.7 Å². The normalized spacial score (nSPS) is 15.2. The number of nitrogens with zero attached hydrogens (tertiary/aromatic N) is 4. The van der Waals surface area contributed by atoms with Gasteiger partial charge in [-0.05, 0) is 61.3 Å². The lowest BCUT2D eigenvalue weighted by Crippen LogP contribution is -2.47. The highest BCUT2D eigenvalue weighted by Crippen LogP contribution is 2.25. The van der Waals surface area contributed by atoms with Crippen molar-refractivity contribution in [2.24, 2.45) is 0 Å². The highest BCUT2D eigenvalue weighted by atomic mass is 19.1. The molecule has 0 N–H and O–H groups in total. The summed E-state index contributed by atoms with van der Waals surface area (Å²) in [6.07, 6.45) is 3.09. The molecule has 1 atom stereocenters. The third kappa shape index (κ3) is 6.32. The van der Waals surface area contributed by atoms with Gasteiger partial charge in [-0.15, -0.1) is 0 Å². The zero-order valence-corrected chi connectivity index (χ0v) is 18.5. The molecule has 1 aliphatic rings. The molecule has 9 heteroatoms. The van der Waals surface area contributed by atoms with Gasteiger partial charge >= 0.3 is 5.97 Å². The molecular weight excluding hydrogens is 445 g/mol. The second-order valence-corrected chi connectivity index (χ2v) is 8.12. The van der Waals surface area contributed by atoms with E-state index in [-0.39, 0.29) is 11.4 Å². The van der Waals surface area contributed by atoms with E-state index in [0.717, 1.165) is 51.5 Å². The quantitative estimate of drug-likeness (QED) is 0.455. The topological polar surface area (TPSA) is 58.6 Å². The van der Waals surface area contributed by atoms with Crippen LogP contribution in [-0.4, -0.2) is 53.6 Å². The minimum absolute atomic E-state index is 0.257. The molecule has 0 saturated carbocycles. The lowest BCUT2D eigenvalue weighted by Gasteiger charge is -2.34. The first kappa shape index (κ1) is 23.7. The molecule has 0 spiro atoms. The first-order valence-electron chi connectivity index (χ1n) is 11.1. The Balaban J connectivity index is 1.31. The highest BCUT2D eigenvalue weighted by Gasteiger charge is 2.21. The van der Waals surface area contributed by atoms with E-state index < -0.39 is 23.7 Å². The van der Waals surface area contributed by atoms with Crippen LogP contribution < -0.4 is 4.90 Å². The Morgan fingerprint density at radius 3 is 2.06 bits per heavy atom. The SMILES string of the molecule is O=C(OC(CCCN1CCN(c2ncc(F)cn2)CC1)c1ccc(F)cc1)c1ccc(F)cc1. The van der Waals surface area contributed by atoms with E-state index in [1.54, 1.807) is 12.1 Å². The van der Waals surface area contributed by atoms with E-state index in [9.17, 15) is 18.0 Å². The number of aromatic nitrogens is 2. The predicted octanol–water partition coefficient (Wildman–Crippen LogP) is 4.39. The molecule has 3 aromatic rings. The number of piperazine rings is 1. The number of carbonyl (C=O) groups excluding carboxylic acids is 1. The van der Waals surface area contributed by atoms with Crippen LogP contribution in [0.25, 0.3) is 0 Å². The Kier molecular flexibility index (Phi) is 7.74. The van der Waals surface area contributed by atoms with Crippen molar-refractivity contribution in [2.45, 2.75) is 18.9 Å². The number of hydrogen-bond acceptors (Lipinski definition) is 6. The van der Waals surface area contributed by atoms with E-state index in [0.29, 0.717) is 17.9 Å². The monoisotopic (exact) mass is 470 g/mol. The smallest absolute Gasteiger partial charge is 0.338 e. The summed E-state index contributed by atoms with van der Waals surface area (Å²) in [5.74, 6) is -1.29. The van der Waals surface area contributed by atoms with Crippen LogP contribution in [0.4, 0.5) is 19.1 Å². The van der Waals surface area contributed by atoms with Crippen LogP contribution in [0.2, 0.25) is 0 Å². The van der Waals surface area contributed by atoms with Gasteiger partial charge in [-0.25, -0.2) is 27.9 Å². The van der Waals surface area contributed by atoms with Crippen molar-refractivity contribution in [1.29, 1.82) is 0 Å². The average molecular weight is 470 g/mol. The van der Waals surface area contributed by atoms with Crippen molar-refractivity contribution in [2.75, 3.05) is 37.6 Å². The van der Waals surface area contributed by atoms with Gasteiger partial charge in [-0.2, -0.15) is 0 Å². The van der Waals surface area contributed by atoms with Gasteiger partial charge in [0.05, 0.1) is 18.0 Å². The van der Waals surface area contributed by atoms with Crippen molar-refractivity contribution in [3.63, 3.8) is 0 Å². The Morgan fingerprint density at radius 1 is 0.853 bits per heavy atom. The number of rotatable bonds is 8. The minimum Gasteiger partial charge on any atom is -0.454 e. The molecule has 0 amide bonds. The molecule has 6 nitrogen and oxygen atoms in total. The van der Waals surface area contributed by atoms with Crippen LogP contribution >= 0.6 is 0 Å². The maximum Gasteiger partial charge on any atom is 0.338 e. The largest absolute Gasteiger partial charge is 0.454 e. The molecule has 1 unspecified atom stereocenters. The van der Waals surface area contributed by atoms with E-state index in [1.807, 2.05) is 4.90 Å². The van der Waals surface area contributed by atoms with Crippen molar-refractivity contribution in [3.8, 4) is 0 Å². The Labute approximate surface area is 196 Å². The second-order valence-electron chi connectivity index (χ2n) is 8.12. The van der Waals surface area contributed by atoms with Crippen LogP contribution in [0, 0.1) is 17.5 Å². The van der Waals surface area contributed by atoms with Gasteiger partial charge in [0, 0.05) is 26.2 Å². The third-order valence-electron chi connectivity index (χ3n) is 5.77. The summed E-state index contributed by atoms with van der Waals surface area (Å²) in [6, 6.07) is 11.1. The summed E-state index contributed by atoms with van der Waals surface area (Å²) in [7, 11) is 0. The van der Waals surface area contributed by atoms with Gasteiger partial charge in [0.2, 0.25) is 5.95 Å². The average Bonchev–Trinajstić information content (AvgIpc) is 2.85. The Hall–Kier alpha value is -3.46. The molecule has 1 aromatic heterocycles. The summed E-state index contributed by atoms with van der Waals surface area (Å²) in [4.78, 5) is 25.0. The molecule has 0 aliphatic carbocycles. The second kappa shape index (κ2) is 11.1. The molecule has 0 bridgehead atoms. The summed E-state index contributed by atoms with van der Waals surface area (Å²) in [6.45, 7) is 3.86. The maximum absolute atomic E-state index is 13.4. The van der Waals surface area contributed by atoms with E-state index in [2.05, 4.69) is 14.9 Å². The number of hydrogen-bond donors (Lipinski definition) is 0. The van der Waals surface area contributed by atoms with Crippen LogP contribution in [0.15, 0.2) is 60.9 Å². The lowest BCUT2D eigenvalue weighted by molar-refractivity contribution is 0.0265. The molecule has 1 saturated heterocycles. The molecule has 4 rings (SSSR count). The predicted molar refractivity (Wildman–Crippen MR) is 121 cm³/mol. The van der Waals surface area contributed by atoms with Gasteiger partial charge < -0.3 is 9.64 Å². The molecule has 2 aromatic carbocycles. The van der Waals surface area contributed by atoms with E-state index >= 15 is 0 Å². The van der Waals surface area contributed by atoms with Crippen molar-refractivity contribution in [3.05, 3.63) is 89.5 Å². The van der Waals surface area contributed by atoms with Crippen LogP contribution in [-0.2, 0) is 4.74 Å². The van der Waals surface area contributed by atoms with Crippen LogP contribution in [0.5, 0.6) is 0 Å². The maximum atomic E-state index is 13.4. The van der Waals surface area contributed by atoms with Gasteiger partial charge in [0.25, 0.3) is 0 Å². The van der Waals surface area contributed by atoms with Gasteiger partial charge in [0.1, 0.15) is 17.7 Å². The van der Waals surface area contributed by atoms with Crippen LogP contribution in [0.1, 0.15) is 34.9 Å². The summed E-state index contributed by atoms with van der Waals surface area (Å²) in [5, 5.41) is 0. The number of esters is 1. The summed E-state index contributed by atoms with van der Waals surface area (Å²) in [5.41, 5.74) is 0.961. The zero-order valence-electron chi connectivity index (χ0n) is 18.5. The van der Waals surface area contributed by atoms with Crippen molar-refractivity contribution >= 4 is 11.9 Å². The standard InChI is InChI=1S/C25H25F3N4O2/c26-20-7-3-18(4-8-20)23(34-24(33)19-5-9-21(27)10-6-19)2-1-11-31-12-14-32(15-13-31)25-29-16-22(28)17-30-25/h3-10,16-17,23H,1-2,11-15H2. The highest BCUT2D eigenvalue weighted by molar-refractivity contribution is 5.89. The third-order valence-corrected chi connectivity index (χ3v) is 5.77. The van der Waals surface area contributed by atoms with Crippen molar-refractivity contribution in [1.82, 2.24) is 14.9 Å². The first-order valence-corrected chi connectivity index (χ1v) is 11.1. The number of ether oxygens (including phenoxy) is 1. The molecule has 1 fully saturated rings. The molecule has 34 heavy (non-hydrogen) atoms. The molecule has 2 heterocycles. The Morgan fingerprint density at radius 2 is 1.44 bits per heavy atom. The molecular formula is C25H25F3N4O2. The van der Waals surface area contributed by atoms with Gasteiger partial charge in [-0.3, -0.25) is 4.90 Å². The fourth-order valence-electron chi connectivity index (χ4n) is 3.89. The fraction of sp³-hybridized carbons (Fsp3) is 0.320. The minimum atomic E-state index is -0.553. The molecule has 178 valence electrons. The lowest BCUT2D eigenvalue weighted by atomic mass is 10.0. The van der Waals surface area contributed by atoms with E-state index in [1.165, 1.54) is 36.4 Å². The van der Waals surface area contributed by atoms with Gasteiger partial charge in [-0.1, -0.05) is 12.1 Å². The van der Waals surface area contributed by atoms with E-state index in [4.69, 9.17) is 4.74 Å². The molecule has 0 radical (unpaired) electrons. The summed E-state index contributed by atoms with van der Waals surface area (Å²) < 4.78 is 45.3. The number of benzene rings is 2. The molecule has 1 aliphatic heterocycles. The Bertz CT molecular complexity index is 1070. The fourth-order valence-corrected chi connectivity index (χ4v) is 3.89. The first-order chi connectivity index (χ1) is 16.5. The number of anilines is 1. The zero-order chi connectivity index (χ0) is 23.9.